The summed E-state index contributed by atoms with van der Waals surface area (Å²) in [5, 5.41) is 3.71. The number of hydrazine groups is 2. The number of nitrogens with zero attached hydrogens (tertiary/aromatic N) is 3. The molecule has 35 heavy (non-hydrogen) atoms. The molecule has 1 amide bonds. The van der Waals surface area contributed by atoms with Crippen LogP contribution in [0.15, 0.2) is 109 Å². The van der Waals surface area contributed by atoms with Crippen LogP contribution in [-0.2, 0) is 0 Å². The Morgan fingerprint density at radius 3 is 2.03 bits per heavy atom. The summed E-state index contributed by atoms with van der Waals surface area (Å²) in [6.07, 6.45) is 1.37. The maximum absolute atomic E-state index is 12.9. The summed E-state index contributed by atoms with van der Waals surface area (Å²) in [7, 11) is 0. The van der Waals surface area contributed by atoms with E-state index in [2.05, 4.69) is 26.2 Å². The summed E-state index contributed by atoms with van der Waals surface area (Å²) in [5.41, 5.74) is 17.8. The van der Waals surface area contributed by atoms with E-state index < -0.39 is 0 Å². The summed E-state index contributed by atoms with van der Waals surface area (Å²) in [6.45, 7) is 0. The molecule has 1 aromatic heterocycles. The molecule has 0 spiro atoms. The van der Waals surface area contributed by atoms with Gasteiger partial charge in [-0.05, 0) is 41.1 Å². The predicted molar refractivity (Wildman–Crippen MR) is 140 cm³/mol. The molecule has 0 saturated heterocycles. The number of rotatable bonds is 7. The van der Waals surface area contributed by atoms with Crippen molar-refractivity contribution in [3.05, 3.63) is 115 Å². The van der Waals surface area contributed by atoms with Crippen molar-refractivity contribution in [2.24, 2.45) is 0 Å². The van der Waals surface area contributed by atoms with Crippen LogP contribution in [0.25, 0.3) is 10.8 Å². The number of hydrogen-bond donors (Lipinski definition) is 4. The number of carbonyl (C=O) groups is 1. The molecule has 0 saturated carbocycles. The fourth-order valence-electron chi connectivity index (χ4n) is 3.73. The molecule has 4 aromatic carbocycles. The minimum Gasteiger partial charge on any atom is -0.393 e. The lowest BCUT2D eigenvalue weighted by molar-refractivity contribution is 0.0964. The second-order valence-corrected chi connectivity index (χ2v) is 7.71. The molecule has 8 nitrogen and oxygen atoms in total. The molecule has 0 aliphatic heterocycles. The number of nitrogen functional groups attached to an aromatic ring is 1. The highest BCUT2D eigenvalue weighted by molar-refractivity contribution is 6.07. The zero-order chi connectivity index (χ0) is 24.0. The Bertz CT molecular complexity index is 1410. The van der Waals surface area contributed by atoms with Crippen LogP contribution in [0.2, 0.25) is 0 Å². The first-order chi connectivity index (χ1) is 17.2. The summed E-state index contributed by atoms with van der Waals surface area (Å²) >= 11 is 0. The Hall–Kier alpha value is -5.11. The fourth-order valence-corrected chi connectivity index (χ4v) is 3.73. The number of amides is 1. The van der Waals surface area contributed by atoms with Crippen molar-refractivity contribution in [2.75, 3.05) is 21.6 Å². The largest absolute Gasteiger partial charge is 0.393 e. The van der Waals surface area contributed by atoms with Gasteiger partial charge in [0.25, 0.3) is 5.91 Å². The van der Waals surface area contributed by atoms with E-state index in [0.717, 1.165) is 22.1 Å². The first-order valence-corrected chi connectivity index (χ1v) is 11.0. The zero-order valence-corrected chi connectivity index (χ0v) is 18.7. The van der Waals surface area contributed by atoms with E-state index >= 15 is 0 Å². The van der Waals surface area contributed by atoms with E-state index in [1.54, 1.807) is 6.07 Å². The van der Waals surface area contributed by atoms with Crippen molar-refractivity contribution < 1.29 is 4.79 Å². The molecule has 0 aliphatic carbocycles. The van der Waals surface area contributed by atoms with E-state index in [-0.39, 0.29) is 17.4 Å². The van der Waals surface area contributed by atoms with Gasteiger partial charge in [-0.2, -0.15) is 0 Å². The van der Waals surface area contributed by atoms with Gasteiger partial charge in [-0.15, -0.1) is 0 Å². The van der Waals surface area contributed by atoms with E-state index in [1.165, 1.54) is 6.33 Å². The topological polar surface area (TPSA) is 108 Å². The minimum atomic E-state index is -0.301. The average molecular weight is 462 g/mol. The lowest BCUT2D eigenvalue weighted by Crippen LogP contribution is -2.31. The van der Waals surface area contributed by atoms with E-state index in [0.29, 0.717) is 11.4 Å². The van der Waals surface area contributed by atoms with Crippen LogP contribution in [0.3, 0.4) is 0 Å². The lowest BCUT2D eigenvalue weighted by atomic mass is 10.0. The Kier molecular flexibility index (Phi) is 6.08. The summed E-state index contributed by atoms with van der Waals surface area (Å²) < 4.78 is 0. The number of para-hydroxylation sites is 2. The maximum Gasteiger partial charge on any atom is 0.270 e. The highest BCUT2D eigenvalue weighted by Gasteiger charge is 2.15. The van der Waals surface area contributed by atoms with Crippen LogP contribution in [0, 0.1) is 0 Å². The van der Waals surface area contributed by atoms with Gasteiger partial charge in [0.1, 0.15) is 12.0 Å². The molecule has 0 atom stereocenters. The normalized spacial score (nSPS) is 10.5. The van der Waals surface area contributed by atoms with Crippen molar-refractivity contribution in [3.8, 4) is 0 Å². The molecule has 0 radical (unpaired) electrons. The molecule has 0 fully saturated rings. The molecule has 1 heterocycles. The third-order valence-corrected chi connectivity index (χ3v) is 5.46. The lowest BCUT2D eigenvalue weighted by Gasteiger charge is -2.26. The minimum absolute atomic E-state index is 0.252. The molecule has 5 rings (SSSR count). The third-order valence-electron chi connectivity index (χ3n) is 5.46. The monoisotopic (exact) mass is 461 g/mol. The van der Waals surface area contributed by atoms with Crippen LogP contribution in [0.4, 0.5) is 28.7 Å². The first-order valence-electron chi connectivity index (χ1n) is 11.0. The molecular weight excluding hydrogens is 438 g/mol. The highest BCUT2D eigenvalue weighted by atomic mass is 16.2. The number of hydrogen-bond acceptors (Lipinski definition) is 7. The Labute approximate surface area is 202 Å². The van der Waals surface area contributed by atoms with Gasteiger partial charge >= 0.3 is 0 Å². The molecule has 5 aromatic rings. The van der Waals surface area contributed by atoms with Gasteiger partial charge in [0, 0.05) is 5.56 Å². The molecule has 8 heteroatoms. The average Bonchev–Trinajstić information content (AvgIpc) is 2.92. The van der Waals surface area contributed by atoms with E-state index in [9.17, 15) is 4.79 Å². The van der Waals surface area contributed by atoms with Crippen LogP contribution in [0.1, 0.15) is 10.4 Å². The number of benzene rings is 4. The van der Waals surface area contributed by atoms with Gasteiger partial charge in [0.2, 0.25) is 0 Å². The van der Waals surface area contributed by atoms with E-state index in [1.807, 2.05) is 102 Å². The summed E-state index contributed by atoms with van der Waals surface area (Å²) in [4.78, 5) is 21.4. The Balaban J connectivity index is 1.38. The van der Waals surface area contributed by atoms with Gasteiger partial charge in [0.15, 0.2) is 11.6 Å². The number of aromatic nitrogens is 2. The maximum atomic E-state index is 12.9. The van der Waals surface area contributed by atoms with Crippen LogP contribution < -0.4 is 27.0 Å². The van der Waals surface area contributed by atoms with Gasteiger partial charge in [0.05, 0.1) is 11.4 Å². The van der Waals surface area contributed by atoms with Gasteiger partial charge in [-0.1, -0.05) is 72.8 Å². The van der Waals surface area contributed by atoms with Crippen LogP contribution >= 0.6 is 0 Å². The van der Waals surface area contributed by atoms with Gasteiger partial charge < -0.3 is 5.73 Å². The number of nitrogens with one attached hydrogen (secondary N) is 3. The van der Waals surface area contributed by atoms with Crippen molar-refractivity contribution in [2.45, 2.75) is 0 Å². The SMILES string of the molecule is Nc1c(NNC(=O)c2cccc3ccccc23)ncnc1NN(c1ccccc1)c1ccccc1. The molecule has 0 bridgehead atoms. The van der Waals surface area contributed by atoms with Crippen molar-refractivity contribution in [1.29, 1.82) is 0 Å². The molecule has 0 unspecified atom stereocenters. The van der Waals surface area contributed by atoms with Crippen LogP contribution in [-0.4, -0.2) is 15.9 Å². The summed E-state index contributed by atoms with van der Waals surface area (Å²) in [5.74, 6) is 0.358. The predicted octanol–water partition coefficient (Wildman–Crippen LogP) is 5.13. The van der Waals surface area contributed by atoms with Crippen molar-refractivity contribution in [3.63, 3.8) is 0 Å². The fraction of sp³-hybridized carbons (Fsp3) is 0. The molecular formula is C27H23N7O. The molecule has 172 valence electrons. The van der Waals surface area contributed by atoms with Crippen LogP contribution in [0.5, 0.6) is 0 Å². The molecule has 5 N–H and O–H groups in total. The van der Waals surface area contributed by atoms with Gasteiger partial charge in [-0.25, -0.2) is 9.97 Å². The number of nitrogens with two attached hydrogens (primary N) is 1. The van der Waals surface area contributed by atoms with Gasteiger partial charge in [-0.3, -0.25) is 26.1 Å². The third kappa shape index (κ3) is 4.67. The van der Waals surface area contributed by atoms with E-state index in [4.69, 9.17) is 5.73 Å². The highest BCUT2D eigenvalue weighted by Crippen LogP contribution is 2.29. The standard InChI is InChI=1S/C27H23N7O/c28-24-25(31-32-27(35)23-17-9-11-19-10-7-8-16-22(19)23)29-18-30-26(24)33-34(20-12-3-1-4-13-20)21-14-5-2-6-15-21/h1-18H,28H2,(H,32,35)(H2,29,30,31,33). The van der Waals surface area contributed by atoms with Crippen molar-refractivity contribution >= 4 is 45.4 Å². The second kappa shape index (κ2) is 9.80. The second-order valence-electron chi connectivity index (χ2n) is 7.71. The molecule has 0 aliphatic rings. The number of carbonyl (C=O) groups excluding carboxylic acids is 1. The Morgan fingerprint density at radius 1 is 0.714 bits per heavy atom. The van der Waals surface area contributed by atoms with Crippen molar-refractivity contribution in [1.82, 2.24) is 15.4 Å². The first kappa shape index (κ1) is 21.7. The zero-order valence-electron chi connectivity index (χ0n) is 18.7. The quantitative estimate of drug-likeness (QED) is 0.249. The Morgan fingerprint density at radius 2 is 1.31 bits per heavy atom. The number of fused-ring (bicyclic) bond motifs is 1. The smallest absolute Gasteiger partial charge is 0.270 e. The number of anilines is 5. The summed E-state index contributed by atoms with van der Waals surface area (Å²) in [6, 6.07) is 32.9.